The fourth-order valence-electron chi connectivity index (χ4n) is 2.37. The van der Waals surface area contributed by atoms with Gasteiger partial charge in [-0.2, -0.15) is 4.98 Å². The lowest BCUT2D eigenvalue weighted by Gasteiger charge is -2.34. The average molecular weight is 259 g/mol. The molecule has 2 aromatic rings. The largest absolute Gasteiger partial charge is 0.487 e. The summed E-state index contributed by atoms with van der Waals surface area (Å²) in [5, 5.41) is 3.96. The molecule has 0 fully saturated rings. The predicted molar refractivity (Wildman–Crippen MR) is 71.4 cm³/mol. The Hall–Kier alpha value is -2.04. The van der Waals surface area contributed by atoms with Crippen molar-refractivity contribution in [3.63, 3.8) is 0 Å². The maximum Gasteiger partial charge on any atom is 0.223 e. The van der Waals surface area contributed by atoms with Crippen LogP contribution in [0.15, 0.2) is 22.7 Å². The zero-order valence-electron chi connectivity index (χ0n) is 11.4. The molecule has 1 aliphatic rings. The minimum atomic E-state index is 0.155. The van der Waals surface area contributed by atoms with Crippen molar-refractivity contribution < 1.29 is 9.26 Å². The molecule has 0 N–H and O–H groups in total. The van der Waals surface area contributed by atoms with Crippen molar-refractivity contribution in [2.75, 3.05) is 11.4 Å². The second-order valence-corrected chi connectivity index (χ2v) is 5.01. The molecule has 3 rings (SSSR count). The zero-order chi connectivity index (χ0) is 13.4. The van der Waals surface area contributed by atoms with E-state index in [1.165, 1.54) is 5.56 Å². The molecule has 0 aliphatic carbocycles. The third-order valence-corrected chi connectivity index (χ3v) is 3.16. The molecule has 0 spiro atoms. The SMILES string of the molecule is Cc1ccc2c(c1)O[C@@H](C)CN2Cc1noc(C)n1. The van der Waals surface area contributed by atoms with E-state index in [2.05, 4.69) is 47.1 Å². The van der Waals surface area contributed by atoms with Crippen LogP contribution in [-0.2, 0) is 6.54 Å². The van der Waals surface area contributed by atoms with Gasteiger partial charge >= 0.3 is 0 Å². The molecule has 1 aromatic heterocycles. The highest BCUT2D eigenvalue weighted by molar-refractivity contribution is 5.61. The molecule has 0 bridgehead atoms. The van der Waals surface area contributed by atoms with Gasteiger partial charge in [0.2, 0.25) is 5.89 Å². The summed E-state index contributed by atoms with van der Waals surface area (Å²) in [4.78, 5) is 6.49. The van der Waals surface area contributed by atoms with Crippen LogP contribution in [0.1, 0.15) is 24.2 Å². The third kappa shape index (κ3) is 2.41. The van der Waals surface area contributed by atoms with E-state index in [1.807, 2.05) is 0 Å². The van der Waals surface area contributed by atoms with E-state index in [0.29, 0.717) is 18.3 Å². The maximum absolute atomic E-state index is 5.88. The Morgan fingerprint density at radius 2 is 2.21 bits per heavy atom. The van der Waals surface area contributed by atoms with Crippen molar-refractivity contribution in [3.8, 4) is 5.75 Å². The van der Waals surface area contributed by atoms with E-state index < -0.39 is 0 Å². The Bertz CT molecular complexity index is 594. The molecule has 0 saturated heterocycles. The first-order valence-corrected chi connectivity index (χ1v) is 6.43. The van der Waals surface area contributed by atoms with Crippen LogP contribution in [0.2, 0.25) is 0 Å². The van der Waals surface area contributed by atoms with Crippen molar-refractivity contribution in [3.05, 3.63) is 35.5 Å². The van der Waals surface area contributed by atoms with E-state index in [1.54, 1.807) is 6.92 Å². The summed E-state index contributed by atoms with van der Waals surface area (Å²) in [6, 6.07) is 6.25. The zero-order valence-corrected chi connectivity index (χ0v) is 11.4. The molecule has 5 heteroatoms. The van der Waals surface area contributed by atoms with Gasteiger partial charge in [0.05, 0.1) is 18.8 Å². The van der Waals surface area contributed by atoms with Crippen molar-refractivity contribution in [1.82, 2.24) is 10.1 Å². The number of benzene rings is 1. The van der Waals surface area contributed by atoms with Gasteiger partial charge < -0.3 is 14.2 Å². The quantitative estimate of drug-likeness (QED) is 0.829. The highest BCUT2D eigenvalue weighted by Crippen LogP contribution is 2.34. The Kier molecular flexibility index (Phi) is 2.89. The fraction of sp³-hybridized carbons (Fsp3) is 0.429. The second-order valence-electron chi connectivity index (χ2n) is 5.01. The van der Waals surface area contributed by atoms with Gasteiger partial charge in [0.25, 0.3) is 0 Å². The smallest absolute Gasteiger partial charge is 0.223 e. The highest BCUT2D eigenvalue weighted by atomic mass is 16.5. The van der Waals surface area contributed by atoms with Gasteiger partial charge in [0.1, 0.15) is 11.9 Å². The topological polar surface area (TPSA) is 51.4 Å². The molecule has 1 atom stereocenters. The molecule has 100 valence electrons. The number of rotatable bonds is 2. The van der Waals surface area contributed by atoms with Gasteiger partial charge in [-0.15, -0.1) is 0 Å². The van der Waals surface area contributed by atoms with Gasteiger partial charge in [0, 0.05) is 6.92 Å². The molecule has 5 nitrogen and oxygen atoms in total. The summed E-state index contributed by atoms with van der Waals surface area (Å²) in [6.07, 6.45) is 0.155. The van der Waals surface area contributed by atoms with Crippen LogP contribution in [0.5, 0.6) is 5.75 Å². The van der Waals surface area contributed by atoms with Gasteiger partial charge in [0.15, 0.2) is 5.82 Å². The standard InChI is InChI=1S/C14H17N3O2/c1-9-4-5-12-13(6-9)18-10(2)7-17(12)8-14-15-11(3)19-16-14/h4-6,10H,7-8H2,1-3H3/t10-/m0/s1. The number of anilines is 1. The summed E-state index contributed by atoms with van der Waals surface area (Å²) in [5.74, 6) is 2.23. The molecular weight excluding hydrogens is 242 g/mol. The third-order valence-electron chi connectivity index (χ3n) is 3.16. The van der Waals surface area contributed by atoms with Crippen molar-refractivity contribution in [1.29, 1.82) is 0 Å². The van der Waals surface area contributed by atoms with Crippen LogP contribution in [0.25, 0.3) is 0 Å². The number of fused-ring (bicyclic) bond motifs is 1. The van der Waals surface area contributed by atoms with Crippen molar-refractivity contribution >= 4 is 5.69 Å². The lowest BCUT2D eigenvalue weighted by Crippen LogP contribution is -2.38. The van der Waals surface area contributed by atoms with Crippen LogP contribution < -0.4 is 9.64 Å². The minimum Gasteiger partial charge on any atom is -0.487 e. The first-order chi connectivity index (χ1) is 9.11. The van der Waals surface area contributed by atoms with Crippen LogP contribution >= 0.6 is 0 Å². The summed E-state index contributed by atoms with van der Waals surface area (Å²) >= 11 is 0. The van der Waals surface area contributed by atoms with Crippen LogP contribution in [0, 0.1) is 13.8 Å². The van der Waals surface area contributed by atoms with Gasteiger partial charge in [-0.05, 0) is 31.5 Å². The molecule has 0 unspecified atom stereocenters. The number of hydrogen-bond acceptors (Lipinski definition) is 5. The molecule has 1 aliphatic heterocycles. The summed E-state index contributed by atoms with van der Waals surface area (Å²) in [7, 11) is 0. The number of ether oxygens (including phenoxy) is 1. The van der Waals surface area contributed by atoms with E-state index in [0.717, 1.165) is 18.0 Å². The molecule has 0 radical (unpaired) electrons. The lowest BCUT2D eigenvalue weighted by atomic mass is 10.1. The maximum atomic E-state index is 5.88. The summed E-state index contributed by atoms with van der Waals surface area (Å²) in [6.45, 7) is 7.40. The molecule has 2 heterocycles. The summed E-state index contributed by atoms with van der Waals surface area (Å²) in [5.41, 5.74) is 2.29. The fourth-order valence-corrected chi connectivity index (χ4v) is 2.37. The van der Waals surface area contributed by atoms with E-state index in [-0.39, 0.29) is 6.10 Å². The van der Waals surface area contributed by atoms with E-state index in [9.17, 15) is 0 Å². The van der Waals surface area contributed by atoms with Gasteiger partial charge in [-0.3, -0.25) is 0 Å². The second kappa shape index (κ2) is 4.57. The number of hydrogen-bond donors (Lipinski definition) is 0. The number of aromatic nitrogens is 2. The Labute approximate surface area is 112 Å². The molecule has 1 aromatic carbocycles. The monoisotopic (exact) mass is 259 g/mol. The highest BCUT2D eigenvalue weighted by Gasteiger charge is 2.24. The minimum absolute atomic E-state index is 0.155. The van der Waals surface area contributed by atoms with Crippen molar-refractivity contribution in [2.45, 2.75) is 33.4 Å². The van der Waals surface area contributed by atoms with Crippen LogP contribution in [-0.4, -0.2) is 22.8 Å². The van der Waals surface area contributed by atoms with Crippen LogP contribution in [0.3, 0.4) is 0 Å². The molecule has 0 saturated carbocycles. The number of aryl methyl sites for hydroxylation is 2. The van der Waals surface area contributed by atoms with Gasteiger partial charge in [-0.25, -0.2) is 0 Å². The Morgan fingerprint density at radius 1 is 1.37 bits per heavy atom. The summed E-state index contributed by atoms with van der Waals surface area (Å²) < 4.78 is 10.9. The average Bonchev–Trinajstić information content (AvgIpc) is 2.74. The lowest BCUT2D eigenvalue weighted by molar-refractivity contribution is 0.211. The molecule has 0 amide bonds. The number of nitrogens with zero attached hydrogens (tertiary/aromatic N) is 3. The Morgan fingerprint density at radius 3 is 2.95 bits per heavy atom. The molecular formula is C14H17N3O2. The van der Waals surface area contributed by atoms with Gasteiger partial charge in [-0.1, -0.05) is 11.2 Å². The first kappa shape index (κ1) is 12.0. The van der Waals surface area contributed by atoms with E-state index >= 15 is 0 Å². The van der Waals surface area contributed by atoms with E-state index in [4.69, 9.17) is 9.26 Å². The van der Waals surface area contributed by atoms with Crippen molar-refractivity contribution in [2.24, 2.45) is 0 Å². The normalized spacial score (nSPS) is 18.1. The van der Waals surface area contributed by atoms with Crippen LogP contribution in [0.4, 0.5) is 5.69 Å². The Balaban J connectivity index is 1.90. The molecule has 19 heavy (non-hydrogen) atoms. The predicted octanol–water partition coefficient (Wildman–Crippen LogP) is 2.47. The first-order valence-electron chi connectivity index (χ1n) is 6.43.